The lowest BCUT2D eigenvalue weighted by molar-refractivity contribution is -0.116. The molecule has 0 unspecified atom stereocenters. The first-order valence-electron chi connectivity index (χ1n) is 7.51. The van der Waals surface area contributed by atoms with Crippen LogP contribution in [0, 0.1) is 0 Å². The minimum atomic E-state index is -0.328. The maximum absolute atomic E-state index is 12.5. The van der Waals surface area contributed by atoms with E-state index < -0.39 is 0 Å². The van der Waals surface area contributed by atoms with Crippen molar-refractivity contribution >= 4 is 58.1 Å². The number of halogens is 3. The SMILES string of the molecule is O=C(CN1CCN(c2cccc(Cl)c2)C1=O)Nc1ccc(Cl)cc1Cl. The zero-order valence-electron chi connectivity index (χ0n) is 13.0. The van der Waals surface area contributed by atoms with E-state index in [2.05, 4.69) is 5.32 Å². The van der Waals surface area contributed by atoms with Crippen molar-refractivity contribution in [1.29, 1.82) is 0 Å². The van der Waals surface area contributed by atoms with Crippen molar-refractivity contribution in [2.45, 2.75) is 0 Å². The van der Waals surface area contributed by atoms with Crippen LogP contribution in [-0.2, 0) is 4.79 Å². The van der Waals surface area contributed by atoms with E-state index >= 15 is 0 Å². The molecule has 8 heteroatoms. The van der Waals surface area contributed by atoms with Gasteiger partial charge in [0.1, 0.15) is 6.54 Å². The van der Waals surface area contributed by atoms with Gasteiger partial charge in [-0.25, -0.2) is 4.79 Å². The van der Waals surface area contributed by atoms with Gasteiger partial charge in [-0.1, -0.05) is 40.9 Å². The lowest BCUT2D eigenvalue weighted by Gasteiger charge is -2.18. The van der Waals surface area contributed by atoms with E-state index in [1.807, 2.05) is 0 Å². The number of anilines is 2. The number of nitrogens with zero attached hydrogens (tertiary/aromatic N) is 2. The molecular formula is C17H14Cl3N3O2. The molecule has 3 rings (SSSR count). The number of hydrogen-bond acceptors (Lipinski definition) is 2. The Labute approximate surface area is 160 Å². The van der Waals surface area contributed by atoms with Crippen LogP contribution in [0.4, 0.5) is 16.2 Å². The second kappa shape index (κ2) is 7.52. The summed E-state index contributed by atoms with van der Waals surface area (Å²) in [5.41, 5.74) is 1.16. The number of carbonyl (C=O) groups is 2. The first kappa shape index (κ1) is 17.9. The van der Waals surface area contributed by atoms with Gasteiger partial charge in [0.05, 0.1) is 10.7 Å². The molecule has 0 bridgehead atoms. The predicted octanol–water partition coefficient (Wildman–Crippen LogP) is 4.53. The van der Waals surface area contributed by atoms with Crippen molar-refractivity contribution < 1.29 is 9.59 Å². The van der Waals surface area contributed by atoms with Gasteiger partial charge >= 0.3 is 6.03 Å². The Kier molecular flexibility index (Phi) is 5.37. The largest absolute Gasteiger partial charge is 0.325 e. The maximum atomic E-state index is 12.5. The Morgan fingerprint density at radius 1 is 1.04 bits per heavy atom. The van der Waals surface area contributed by atoms with Gasteiger partial charge in [-0.05, 0) is 36.4 Å². The zero-order chi connectivity index (χ0) is 18.0. The van der Waals surface area contributed by atoms with E-state index in [-0.39, 0.29) is 18.5 Å². The lowest BCUT2D eigenvalue weighted by Crippen LogP contribution is -2.37. The molecule has 1 fully saturated rings. The summed E-state index contributed by atoms with van der Waals surface area (Å²) in [5, 5.41) is 4.06. The third kappa shape index (κ3) is 4.18. The van der Waals surface area contributed by atoms with Gasteiger partial charge < -0.3 is 10.2 Å². The number of urea groups is 1. The van der Waals surface area contributed by atoms with Crippen LogP contribution >= 0.6 is 34.8 Å². The van der Waals surface area contributed by atoms with Crippen molar-refractivity contribution in [2.24, 2.45) is 0 Å². The van der Waals surface area contributed by atoms with Crippen LogP contribution in [0.3, 0.4) is 0 Å². The van der Waals surface area contributed by atoms with E-state index in [4.69, 9.17) is 34.8 Å². The smallest absolute Gasteiger partial charge is 0.323 e. The molecule has 5 nitrogen and oxygen atoms in total. The number of nitrogens with one attached hydrogen (secondary N) is 1. The molecule has 3 amide bonds. The fourth-order valence-electron chi connectivity index (χ4n) is 2.57. The highest BCUT2D eigenvalue weighted by Gasteiger charge is 2.31. The normalized spacial score (nSPS) is 14.1. The average Bonchev–Trinajstić information content (AvgIpc) is 2.91. The van der Waals surface area contributed by atoms with Crippen molar-refractivity contribution in [1.82, 2.24) is 4.90 Å². The second-order valence-corrected chi connectivity index (χ2v) is 6.79. The Hall–Kier alpha value is -1.95. The molecule has 1 N–H and O–H groups in total. The summed E-state index contributed by atoms with van der Waals surface area (Å²) in [4.78, 5) is 27.8. The molecule has 0 atom stereocenters. The van der Waals surface area contributed by atoms with Crippen molar-refractivity contribution in [3.63, 3.8) is 0 Å². The van der Waals surface area contributed by atoms with Crippen LogP contribution in [0.1, 0.15) is 0 Å². The van der Waals surface area contributed by atoms with E-state index in [1.54, 1.807) is 47.4 Å². The van der Waals surface area contributed by atoms with Crippen LogP contribution in [0.5, 0.6) is 0 Å². The second-order valence-electron chi connectivity index (χ2n) is 5.51. The van der Waals surface area contributed by atoms with Gasteiger partial charge in [-0.3, -0.25) is 9.69 Å². The van der Waals surface area contributed by atoms with Crippen molar-refractivity contribution in [3.8, 4) is 0 Å². The number of carbonyl (C=O) groups excluding carboxylic acids is 2. The third-order valence-electron chi connectivity index (χ3n) is 3.75. The zero-order valence-corrected chi connectivity index (χ0v) is 15.3. The Morgan fingerprint density at radius 3 is 2.52 bits per heavy atom. The first-order chi connectivity index (χ1) is 11.9. The maximum Gasteiger partial charge on any atom is 0.325 e. The molecule has 0 radical (unpaired) electrons. The van der Waals surface area contributed by atoms with E-state index in [0.717, 1.165) is 0 Å². The summed E-state index contributed by atoms with van der Waals surface area (Å²) >= 11 is 17.8. The molecule has 0 saturated carbocycles. The van der Waals surface area contributed by atoms with Crippen LogP contribution in [0.2, 0.25) is 15.1 Å². The number of hydrogen-bond donors (Lipinski definition) is 1. The van der Waals surface area contributed by atoms with Gasteiger partial charge in [-0.15, -0.1) is 0 Å². The minimum Gasteiger partial charge on any atom is -0.323 e. The number of benzene rings is 2. The minimum absolute atomic E-state index is 0.0607. The Balaban J connectivity index is 1.63. The van der Waals surface area contributed by atoms with Gasteiger partial charge in [-0.2, -0.15) is 0 Å². The first-order valence-corrected chi connectivity index (χ1v) is 8.64. The molecule has 0 aromatic heterocycles. The summed E-state index contributed by atoms with van der Waals surface area (Å²) in [7, 11) is 0. The van der Waals surface area contributed by atoms with Gasteiger partial charge in [0, 0.05) is 28.8 Å². The summed E-state index contributed by atoms with van der Waals surface area (Å²) < 4.78 is 0. The molecule has 0 spiro atoms. The van der Waals surface area contributed by atoms with Crippen LogP contribution in [0.15, 0.2) is 42.5 Å². The lowest BCUT2D eigenvalue weighted by atomic mass is 10.3. The van der Waals surface area contributed by atoms with E-state index in [1.165, 1.54) is 4.90 Å². The summed E-state index contributed by atoms with van der Waals surface area (Å²) in [6.07, 6.45) is 0. The standard InChI is InChI=1S/C17H14Cl3N3O2/c18-11-2-1-3-13(8-11)23-7-6-22(17(23)25)10-16(24)21-15-5-4-12(19)9-14(15)20/h1-5,8-9H,6-7,10H2,(H,21,24). The fraction of sp³-hybridized carbons (Fsp3) is 0.176. The number of amides is 3. The molecule has 2 aromatic rings. The van der Waals surface area contributed by atoms with E-state index in [0.29, 0.717) is 39.5 Å². The summed E-state index contributed by atoms with van der Waals surface area (Å²) in [6.45, 7) is 0.885. The molecule has 2 aromatic carbocycles. The predicted molar refractivity (Wildman–Crippen MR) is 101 cm³/mol. The highest BCUT2D eigenvalue weighted by molar-refractivity contribution is 6.36. The summed E-state index contributed by atoms with van der Waals surface area (Å²) in [6, 6.07) is 11.6. The monoisotopic (exact) mass is 397 g/mol. The molecule has 25 heavy (non-hydrogen) atoms. The van der Waals surface area contributed by atoms with Crippen molar-refractivity contribution in [2.75, 3.05) is 29.9 Å². The quantitative estimate of drug-likeness (QED) is 0.823. The average molecular weight is 399 g/mol. The van der Waals surface area contributed by atoms with Crippen LogP contribution in [0.25, 0.3) is 0 Å². The Morgan fingerprint density at radius 2 is 1.80 bits per heavy atom. The highest BCUT2D eigenvalue weighted by Crippen LogP contribution is 2.26. The molecular weight excluding hydrogens is 385 g/mol. The van der Waals surface area contributed by atoms with Gasteiger partial charge in [0.25, 0.3) is 0 Å². The molecule has 1 aliphatic rings. The van der Waals surface area contributed by atoms with Gasteiger partial charge in [0.2, 0.25) is 5.91 Å². The third-order valence-corrected chi connectivity index (χ3v) is 4.54. The van der Waals surface area contributed by atoms with Crippen LogP contribution in [-0.4, -0.2) is 36.5 Å². The molecule has 1 aliphatic heterocycles. The fourth-order valence-corrected chi connectivity index (χ4v) is 3.21. The summed E-state index contributed by atoms with van der Waals surface area (Å²) in [5.74, 6) is -0.328. The molecule has 0 aliphatic carbocycles. The number of rotatable bonds is 4. The van der Waals surface area contributed by atoms with Crippen molar-refractivity contribution in [3.05, 3.63) is 57.5 Å². The van der Waals surface area contributed by atoms with E-state index in [9.17, 15) is 9.59 Å². The molecule has 1 saturated heterocycles. The van der Waals surface area contributed by atoms with Gasteiger partial charge in [0.15, 0.2) is 0 Å². The molecule has 130 valence electrons. The molecule has 1 heterocycles. The highest BCUT2D eigenvalue weighted by atomic mass is 35.5. The topological polar surface area (TPSA) is 52.7 Å². The van der Waals surface area contributed by atoms with Crippen LogP contribution < -0.4 is 10.2 Å². The Bertz CT molecular complexity index is 829.